The maximum absolute atomic E-state index is 11.0. The molecule has 2 rings (SSSR count). The summed E-state index contributed by atoms with van der Waals surface area (Å²) >= 11 is 0. The highest BCUT2D eigenvalue weighted by Crippen LogP contribution is 2.34. The van der Waals surface area contributed by atoms with Gasteiger partial charge in [0.05, 0.1) is 11.0 Å². The summed E-state index contributed by atoms with van der Waals surface area (Å²) in [6.07, 6.45) is 0.727. The van der Waals surface area contributed by atoms with Crippen LogP contribution in [-0.4, -0.2) is 15.0 Å². The highest BCUT2D eigenvalue weighted by molar-refractivity contribution is 5.50. The largest absolute Gasteiger partial charge is 0.431 e. The Hall–Kier alpha value is -2.47. The van der Waals surface area contributed by atoms with Gasteiger partial charge in [-0.3, -0.25) is 10.1 Å². The molecule has 0 bridgehead atoms. The van der Waals surface area contributed by atoms with Crippen molar-refractivity contribution in [2.24, 2.45) is 0 Å². The van der Waals surface area contributed by atoms with Crippen molar-refractivity contribution in [3.8, 4) is 11.6 Å². The van der Waals surface area contributed by atoms with E-state index in [-0.39, 0.29) is 17.3 Å². The van der Waals surface area contributed by atoms with E-state index in [2.05, 4.69) is 4.98 Å². The molecular weight excluding hydrogens is 260 g/mol. The molecule has 0 saturated carbocycles. The lowest BCUT2D eigenvalue weighted by Gasteiger charge is -2.12. The second-order valence-corrected chi connectivity index (χ2v) is 4.40. The summed E-state index contributed by atoms with van der Waals surface area (Å²) in [5, 5.41) is 20.7. The van der Waals surface area contributed by atoms with Gasteiger partial charge in [0.2, 0.25) is 11.6 Å². The molecule has 2 aromatic rings. The van der Waals surface area contributed by atoms with Crippen LogP contribution in [0.5, 0.6) is 11.6 Å². The number of pyridine rings is 1. The Bertz CT molecular complexity index is 641. The summed E-state index contributed by atoms with van der Waals surface area (Å²) < 4.78 is 5.53. The van der Waals surface area contributed by atoms with Gasteiger partial charge in [-0.25, -0.2) is 4.98 Å². The molecule has 6 heteroatoms. The van der Waals surface area contributed by atoms with Crippen LogP contribution < -0.4 is 4.74 Å². The predicted molar refractivity (Wildman–Crippen MR) is 72.8 cm³/mol. The number of nitro groups is 1. The topological polar surface area (TPSA) is 85.5 Å². The molecule has 0 aliphatic carbocycles. The lowest BCUT2D eigenvalue weighted by molar-refractivity contribution is -0.385. The molecule has 6 nitrogen and oxygen atoms in total. The van der Waals surface area contributed by atoms with E-state index in [0.717, 1.165) is 5.56 Å². The van der Waals surface area contributed by atoms with E-state index >= 15 is 0 Å². The van der Waals surface area contributed by atoms with E-state index in [1.165, 1.54) is 12.3 Å². The van der Waals surface area contributed by atoms with Crippen molar-refractivity contribution >= 4 is 5.69 Å². The van der Waals surface area contributed by atoms with Crippen LogP contribution in [0.1, 0.15) is 24.2 Å². The first kappa shape index (κ1) is 14.0. The van der Waals surface area contributed by atoms with Crippen LogP contribution in [0.4, 0.5) is 5.69 Å². The fourth-order valence-corrected chi connectivity index (χ4v) is 1.76. The molecular formula is C14H14N2O4. The van der Waals surface area contributed by atoms with Gasteiger partial charge in [0, 0.05) is 17.8 Å². The van der Waals surface area contributed by atoms with Crippen molar-refractivity contribution in [2.45, 2.75) is 20.0 Å². The first-order chi connectivity index (χ1) is 9.49. The first-order valence-electron chi connectivity index (χ1n) is 6.05. The molecule has 0 unspecified atom stereocenters. The number of nitro benzene ring substituents is 1. The van der Waals surface area contributed by atoms with Gasteiger partial charge in [-0.1, -0.05) is 6.07 Å². The smallest absolute Gasteiger partial charge is 0.311 e. The Morgan fingerprint density at radius 3 is 2.80 bits per heavy atom. The van der Waals surface area contributed by atoms with Crippen molar-refractivity contribution in [1.82, 2.24) is 4.98 Å². The van der Waals surface area contributed by atoms with Crippen LogP contribution in [0.15, 0.2) is 36.5 Å². The molecule has 1 aromatic heterocycles. The zero-order valence-corrected chi connectivity index (χ0v) is 11.1. The standard InChI is InChI=1S/C14H14N2O4/c1-9-5-6-12(16(18)19)13(8-9)20-14-11(10(2)17)4-3-7-15-14/h3-8,10,17H,1-2H3/t10-/m1/s1. The molecule has 0 fully saturated rings. The van der Waals surface area contributed by atoms with Gasteiger partial charge in [0.15, 0.2) is 0 Å². The molecule has 0 spiro atoms. The zero-order chi connectivity index (χ0) is 14.7. The van der Waals surface area contributed by atoms with Crippen LogP contribution >= 0.6 is 0 Å². The summed E-state index contributed by atoms with van der Waals surface area (Å²) in [4.78, 5) is 14.5. The number of aliphatic hydroxyl groups is 1. The third-order valence-electron chi connectivity index (χ3n) is 2.77. The highest BCUT2D eigenvalue weighted by Gasteiger charge is 2.18. The van der Waals surface area contributed by atoms with Crippen molar-refractivity contribution in [2.75, 3.05) is 0 Å². The van der Waals surface area contributed by atoms with Crippen LogP contribution in [0, 0.1) is 17.0 Å². The molecule has 0 radical (unpaired) electrons. The van der Waals surface area contributed by atoms with Crippen molar-refractivity contribution in [1.29, 1.82) is 0 Å². The number of aromatic nitrogens is 1. The molecule has 1 atom stereocenters. The molecule has 0 amide bonds. The summed E-state index contributed by atoms with van der Waals surface area (Å²) in [5.41, 5.74) is 1.17. The maximum atomic E-state index is 11.0. The number of benzene rings is 1. The minimum Gasteiger partial charge on any atom is -0.431 e. The van der Waals surface area contributed by atoms with Crippen molar-refractivity contribution < 1.29 is 14.8 Å². The van der Waals surface area contributed by atoms with E-state index < -0.39 is 11.0 Å². The zero-order valence-electron chi connectivity index (χ0n) is 11.1. The second-order valence-electron chi connectivity index (χ2n) is 4.40. The fraction of sp³-hybridized carbons (Fsp3) is 0.214. The Kier molecular flexibility index (Phi) is 3.95. The number of rotatable bonds is 4. The number of hydrogen-bond acceptors (Lipinski definition) is 5. The SMILES string of the molecule is Cc1ccc([N+](=O)[O-])c(Oc2ncccc2[C@@H](C)O)c1. The number of nitrogens with zero attached hydrogens (tertiary/aromatic N) is 2. The van der Waals surface area contributed by atoms with Crippen LogP contribution in [0.2, 0.25) is 0 Å². The molecule has 1 aromatic carbocycles. The molecule has 0 aliphatic rings. The van der Waals surface area contributed by atoms with E-state index in [0.29, 0.717) is 5.56 Å². The van der Waals surface area contributed by atoms with Gasteiger partial charge in [-0.15, -0.1) is 0 Å². The fourth-order valence-electron chi connectivity index (χ4n) is 1.76. The van der Waals surface area contributed by atoms with E-state index in [1.807, 2.05) is 6.92 Å². The Morgan fingerprint density at radius 2 is 2.15 bits per heavy atom. The number of aliphatic hydroxyl groups excluding tert-OH is 1. The third-order valence-corrected chi connectivity index (χ3v) is 2.77. The summed E-state index contributed by atoms with van der Waals surface area (Å²) in [5.74, 6) is 0.270. The Morgan fingerprint density at radius 1 is 1.40 bits per heavy atom. The van der Waals surface area contributed by atoms with Gasteiger partial charge in [-0.2, -0.15) is 0 Å². The lowest BCUT2D eigenvalue weighted by atomic mass is 10.2. The van der Waals surface area contributed by atoms with Crippen LogP contribution in [-0.2, 0) is 0 Å². The average molecular weight is 274 g/mol. The molecule has 0 aliphatic heterocycles. The van der Waals surface area contributed by atoms with E-state index in [9.17, 15) is 15.2 Å². The van der Waals surface area contributed by atoms with Gasteiger partial charge in [0.1, 0.15) is 0 Å². The molecule has 20 heavy (non-hydrogen) atoms. The minimum atomic E-state index is -0.775. The maximum Gasteiger partial charge on any atom is 0.311 e. The number of hydrogen-bond donors (Lipinski definition) is 1. The first-order valence-corrected chi connectivity index (χ1v) is 6.05. The summed E-state index contributed by atoms with van der Waals surface area (Å²) in [6.45, 7) is 3.39. The van der Waals surface area contributed by atoms with Gasteiger partial charge in [0.25, 0.3) is 0 Å². The van der Waals surface area contributed by atoms with Gasteiger partial charge < -0.3 is 9.84 Å². The number of ether oxygens (including phenoxy) is 1. The number of aryl methyl sites for hydroxylation is 1. The van der Waals surface area contributed by atoms with E-state index in [1.54, 1.807) is 31.2 Å². The summed E-state index contributed by atoms with van der Waals surface area (Å²) in [7, 11) is 0. The van der Waals surface area contributed by atoms with Gasteiger partial charge in [-0.05, 0) is 37.6 Å². The van der Waals surface area contributed by atoms with Crippen molar-refractivity contribution in [3.63, 3.8) is 0 Å². The third kappa shape index (κ3) is 2.92. The Labute approximate surface area is 115 Å². The van der Waals surface area contributed by atoms with Crippen LogP contribution in [0.3, 0.4) is 0 Å². The Balaban J connectivity index is 2.45. The molecule has 1 heterocycles. The average Bonchev–Trinajstić information content (AvgIpc) is 2.38. The predicted octanol–water partition coefficient (Wildman–Crippen LogP) is 3.14. The normalized spacial score (nSPS) is 11.9. The monoisotopic (exact) mass is 274 g/mol. The van der Waals surface area contributed by atoms with Crippen LogP contribution in [0.25, 0.3) is 0 Å². The summed E-state index contributed by atoms with van der Waals surface area (Å²) in [6, 6.07) is 7.92. The molecule has 0 saturated heterocycles. The highest BCUT2D eigenvalue weighted by atomic mass is 16.6. The van der Waals surface area contributed by atoms with Crippen molar-refractivity contribution in [3.05, 3.63) is 57.8 Å². The molecule has 104 valence electrons. The quantitative estimate of drug-likeness (QED) is 0.683. The molecule has 1 N–H and O–H groups in total. The lowest BCUT2D eigenvalue weighted by Crippen LogP contribution is -2.00. The second kappa shape index (κ2) is 5.66. The van der Waals surface area contributed by atoms with Gasteiger partial charge >= 0.3 is 5.69 Å². The minimum absolute atomic E-state index is 0.107. The van der Waals surface area contributed by atoms with E-state index in [4.69, 9.17) is 4.74 Å².